The highest BCUT2D eigenvalue weighted by atomic mass is 35.5. The highest BCUT2D eigenvalue weighted by Crippen LogP contribution is 2.32. The third-order valence-electron chi connectivity index (χ3n) is 4.76. The minimum atomic E-state index is -1.05. The van der Waals surface area contributed by atoms with Crippen LogP contribution in [0, 0.1) is 0 Å². The van der Waals surface area contributed by atoms with Gasteiger partial charge in [0.25, 0.3) is 5.56 Å². The quantitative estimate of drug-likeness (QED) is 0.445. The molecule has 1 aliphatic heterocycles. The lowest BCUT2D eigenvalue weighted by Gasteiger charge is -2.24. The van der Waals surface area contributed by atoms with E-state index in [0.717, 1.165) is 0 Å². The number of nitrogens with zero attached hydrogens (tertiary/aromatic N) is 1. The van der Waals surface area contributed by atoms with Gasteiger partial charge in [-0.3, -0.25) is 19.4 Å². The summed E-state index contributed by atoms with van der Waals surface area (Å²) in [6.45, 7) is 0. The fourth-order valence-corrected chi connectivity index (χ4v) is 3.91. The first kappa shape index (κ1) is 21.7. The Morgan fingerprint density at radius 1 is 1.16 bits per heavy atom. The normalized spacial score (nSPS) is 14.8. The predicted molar refractivity (Wildman–Crippen MR) is 122 cm³/mol. The summed E-state index contributed by atoms with van der Waals surface area (Å²) in [6, 6.07) is 11.6. The number of rotatable bonds is 5. The summed E-state index contributed by atoms with van der Waals surface area (Å²) in [4.78, 5) is 44.9. The van der Waals surface area contributed by atoms with E-state index in [4.69, 9.17) is 27.9 Å². The van der Waals surface area contributed by atoms with Crippen LogP contribution in [0.5, 0.6) is 5.75 Å². The van der Waals surface area contributed by atoms with E-state index in [1.165, 1.54) is 25.3 Å². The number of hydrogen-bond acceptors (Lipinski definition) is 6. The molecular formula is C21H17Cl2N5O4. The van der Waals surface area contributed by atoms with Crippen molar-refractivity contribution in [1.29, 1.82) is 0 Å². The van der Waals surface area contributed by atoms with Gasteiger partial charge in [0.15, 0.2) is 0 Å². The average Bonchev–Trinajstić information content (AvgIpc) is 2.72. The van der Waals surface area contributed by atoms with E-state index in [9.17, 15) is 14.4 Å². The van der Waals surface area contributed by atoms with Gasteiger partial charge in [-0.2, -0.15) is 4.98 Å². The summed E-state index contributed by atoms with van der Waals surface area (Å²) >= 11 is 11.9. The lowest BCUT2D eigenvalue weighted by molar-refractivity contribution is -0.123. The number of amides is 2. The van der Waals surface area contributed by atoms with Gasteiger partial charge < -0.3 is 20.7 Å². The topological polar surface area (TPSA) is 125 Å². The van der Waals surface area contributed by atoms with Crippen molar-refractivity contribution < 1.29 is 14.3 Å². The van der Waals surface area contributed by atoms with Gasteiger partial charge in [-0.1, -0.05) is 35.3 Å². The molecule has 32 heavy (non-hydrogen) atoms. The van der Waals surface area contributed by atoms with Crippen LogP contribution in [0.15, 0.2) is 47.3 Å². The molecular weight excluding hydrogens is 457 g/mol. The summed E-state index contributed by atoms with van der Waals surface area (Å²) in [5.74, 6) is -1.42. The zero-order valence-electron chi connectivity index (χ0n) is 16.7. The molecule has 0 fully saturated rings. The third-order valence-corrected chi connectivity index (χ3v) is 5.19. The van der Waals surface area contributed by atoms with Crippen LogP contribution >= 0.6 is 23.2 Å². The number of fused-ring (bicyclic) bond motifs is 1. The maximum absolute atomic E-state index is 12.9. The van der Waals surface area contributed by atoms with E-state index in [2.05, 4.69) is 25.9 Å². The average molecular weight is 474 g/mol. The summed E-state index contributed by atoms with van der Waals surface area (Å²) in [5.41, 5.74) is 0.406. The van der Waals surface area contributed by atoms with E-state index in [-0.39, 0.29) is 23.8 Å². The molecule has 0 spiro atoms. The molecule has 0 saturated heterocycles. The number of methoxy groups -OCH3 is 1. The molecule has 3 aromatic rings. The Hall–Kier alpha value is -3.56. The molecule has 4 rings (SSSR count). The van der Waals surface area contributed by atoms with Crippen LogP contribution in [0.1, 0.15) is 17.9 Å². The molecule has 164 valence electrons. The molecule has 9 nitrogen and oxygen atoms in total. The molecule has 0 bridgehead atoms. The summed E-state index contributed by atoms with van der Waals surface area (Å²) < 4.78 is 5.28. The van der Waals surface area contributed by atoms with E-state index >= 15 is 0 Å². The highest BCUT2D eigenvalue weighted by molar-refractivity contribution is 6.35. The number of ether oxygens (including phenoxy) is 1. The Labute approximate surface area is 192 Å². The monoisotopic (exact) mass is 473 g/mol. The lowest BCUT2D eigenvalue weighted by atomic mass is 9.92. The van der Waals surface area contributed by atoms with Crippen LogP contribution in [0.2, 0.25) is 10.0 Å². The van der Waals surface area contributed by atoms with Crippen LogP contribution < -0.4 is 26.2 Å². The molecule has 2 aromatic carbocycles. The van der Waals surface area contributed by atoms with Gasteiger partial charge >= 0.3 is 0 Å². The number of aromatic amines is 1. The molecule has 1 aromatic heterocycles. The van der Waals surface area contributed by atoms with Gasteiger partial charge in [0.05, 0.1) is 24.3 Å². The fraction of sp³-hybridized carbons (Fsp3) is 0.143. The highest BCUT2D eigenvalue weighted by Gasteiger charge is 2.35. The van der Waals surface area contributed by atoms with E-state index in [1.807, 2.05) is 0 Å². The van der Waals surface area contributed by atoms with Gasteiger partial charge in [0.2, 0.25) is 17.8 Å². The van der Waals surface area contributed by atoms with Crippen LogP contribution in [-0.2, 0) is 9.59 Å². The van der Waals surface area contributed by atoms with Gasteiger partial charge in [-0.15, -0.1) is 0 Å². The number of H-pyrrole nitrogens is 1. The largest absolute Gasteiger partial charge is 0.495 e. The molecule has 0 aliphatic carbocycles. The van der Waals surface area contributed by atoms with Crippen molar-refractivity contribution in [3.63, 3.8) is 0 Å². The number of nitrogens with one attached hydrogen (secondary N) is 4. The number of halogens is 2. The molecule has 0 saturated carbocycles. The first-order valence-electron chi connectivity index (χ1n) is 9.45. The van der Waals surface area contributed by atoms with Gasteiger partial charge in [-0.05, 0) is 30.3 Å². The maximum Gasteiger partial charge on any atom is 0.258 e. The van der Waals surface area contributed by atoms with Crippen LogP contribution in [0.4, 0.5) is 23.1 Å². The Kier molecular flexibility index (Phi) is 6.02. The Balaban J connectivity index is 1.65. The van der Waals surface area contributed by atoms with Gasteiger partial charge in [0.1, 0.15) is 11.6 Å². The van der Waals surface area contributed by atoms with Crippen molar-refractivity contribution in [2.24, 2.45) is 0 Å². The molecule has 2 heterocycles. The standard InChI is InChI=1S/C21H17Cl2N5O4/c1-32-15-5-3-2-4-14(15)25-21-27-18-17(20(31)28-21)13(9-16(29)26-18)19(30)24-12-7-10(22)6-11(23)8-12/h2-8,13H,9H2,1H3,(H,24,30)(H3,25,26,27,28,29,31)/t13-/m0/s1. The van der Waals surface area contributed by atoms with Crippen molar-refractivity contribution in [3.8, 4) is 5.75 Å². The zero-order valence-corrected chi connectivity index (χ0v) is 18.2. The molecule has 2 amide bonds. The van der Waals surface area contributed by atoms with Crippen LogP contribution in [0.3, 0.4) is 0 Å². The number of hydrogen-bond donors (Lipinski definition) is 4. The summed E-state index contributed by atoms with van der Waals surface area (Å²) in [7, 11) is 1.51. The van der Waals surface area contributed by atoms with Gasteiger partial charge in [-0.25, -0.2) is 0 Å². The van der Waals surface area contributed by atoms with Crippen molar-refractivity contribution in [1.82, 2.24) is 9.97 Å². The summed E-state index contributed by atoms with van der Waals surface area (Å²) in [6.07, 6.45) is -0.211. The number of para-hydroxylation sites is 2. The number of carbonyl (C=O) groups is 2. The molecule has 1 aliphatic rings. The molecule has 4 N–H and O–H groups in total. The molecule has 1 atom stereocenters. The van der Waals surface area contributed by atoms with E-state index in [1.54, 1.807) is 24.3 Å². The fourth-order valence-electron chi connectivity index (χ4n) is 3.39. The van der Waals surface area contributed by atoms with Crippen molar-refractivity contribution in [2.75, 3.05) is 23.1 Å². The van der Waals surface area contributed by atoms with Crippen molar-refractivity contribution in [3.05, 3.63) is 68.4 Å². The second kappa shape index (κ2) is 8.89. The third kappa shape index (κ3) is 4.53. The zero-order chi connectivity index (χ0) is 22.8. The van der Waals surface area contributed by atoms with Crippen LogP contribution in [-0.4, -0.2) is 28.9 Å². The number of benzene rings is 2. The maximum atomic E-state index is 12.9. The van der Waals surface area contributed by atoms with Crippen molar-refractivity contribution >= 4 is 58.2 Å². The van der Waals surface area contributed by atoms with E-state index in [0.29, 0.717) is 27.2 Å². The predicted octanol–water partition coefficient (Wildman–Crippen LogP) is 3.89. The van der Waals surface area contributed by atoms with Crippen molar-refractivity contribution in [2.45, 2.75) is 12.3 Å². The van der Waals surface area contributed by atoms with Crippen LogP contribution in [0.25, 0.3) is 0 Å². The first-order valence-corrected chi connectivity index (χ1v) is 10.2. The second-order valence-corrected chi connectivity index (χ2v) is 7.83. The SMILES string of the molecule is COc1ccccc1Nc1nc2c(c(=O)[nH]1)[C@@H](C(=O)Nc1cc(Cl)cc(Cl)c1)CC(=O)N2. The second-order valence-electron chi connectivity index (χ2n) is 6.95. The Morgan fingerprint density at radius 3 is 2.59 bits per heavy atom. The minimum Gasteiger partial charge on any atom is -0.495 e. The molecule has 0 unspecified atom stereocenters. The van der Waals surface area contributed by atoms with Gasteiger partial charge in [0, 0.05) is 22.2 Å². The Bertz CT molecular complexity index is 1260. The lowest BCUT2D eigenvalue weighted by Crippen LogP contribution is -2.36. The molecule has 11 heteroatoms. The minimum absolute atomic E-state index is 0.00618. The summed E-state index contributed by atoms with van der Waals surface area (Å²) in [5, 5.41) is 8.83. The smallest absolute Gasteiger partial charge is 0.258 e. The first-order chi connectivity index (χ1) is 15.3. The number of aromatic nitrogens is 2. The number of anilines is 4. The Morgan fingerprint density at radius 2 is 1.88 bits per heavy atom. The number of carbonyl (C=O) groups excluding carboxylic acids is 2. The molecule has 0 radical (unpaired) electrons. The van der Waals surface area contributed by atoms with E-state index < -0.39 is 23.3 Å².